The first kappa shape index (κ1) is 15.1. The van der Waals surface area contributed by atoms with Gasteiger partial charge in [0, 0.05) is 24.1 Å². The van der Waals surface area contributed by atoms with E-state index in [1.165, 1.54) is 0 Å². The molecule has 118 valence electrons. The highest BCUT2D eigenvalue weighted by atomic mass is 16.4. The summed E-state index contributed by atoms with van der Waals surface area (Å²) in [5.41, 5.74) is 2.72. The van der Waals surface area contributed by atoms with Crippen LogP contribution in [0.4, 0.5) is 4.79 Å². The minimum atomic E-state index is -0.991. The molecule has 2 amide bonds. The number of benzene rings is 2. The number of nitrogens with one attached hydrogen (secondary N) is 2. The van der Waals surface area contributed by atoms with E-state index in [4.69, 9.17) is 5.11 Å². The minimum absolute atomic E-state index is 0.00902. The average Bonchev–Trinajstić information content (AvgIpc) is 3.32. The zero-order valence-corrected chi connectivity index (χ0v) is 12.5. The van der Waals surface area contributed by atoms with Crippen molar-refractivity contribution in [2.75, 3.05) is 0 Å². The summed E-state index contributed by atoms with van der Waals surface area (Å²) < 4.78 is 0. The maximum atomic E-state index is 12.1. The van der Waals surface area contributed by atoms with E-state index >= 15 is 0 Å². The molecule has 1 saturated carbocycles. The van der Waals surface area contributed by atoms with Crippen LogP contribution in [-0.4, -0.2) is 23.1 Å². The molecule has 5 heteroatoms. The lowest BCUT2D eigenvalue weighted by Crippen LogP contribution is -2.24. The summed E-state index contributed by atoms with van der Waals surface area (Å²) >= 11 is 0. The summed E-state index contributed by atoms with van der Waals surface area (Å²) in [7, 11) is 0. The van der Waals surface area contributed by atoms with Gasteiger partial charge in [-0.1, -0.05) is 42.5 Å². The Morgan fingerprint density at radius 3 is 2.39 bits per heavy atom. The zero-order valence-electron chi connectivity index (χ0n) is 12.5. The van der Waals surface area contributed by atoms with Gasteiger partial charge in [0.15, 0.2) is 0 Å². The first-order chi connectivity index (χ1) is 11.1. The molecule has 0 radical (unpaired) electrons. The summed E-state index contributed by atoms with van der Waals surface area (Å²) in [6.07, 6.45) is -0.180. The van der Waals surface area contributed by atoms with Crippen LogP contribution in [0.15, 0.2) is 54.6 Å². The van der Waals surface area contributed by atoms with Crippen molar-refractivity contribution in [3.05, 3.63) is 71.3 Å². The molecular formula is C18H18N2O3. The second-order valence-corrected chi connectivity index (χ2v) is 5.69. The molecule has 0 aliphatic heterocycles. The van der Waals surface area contributed by atoms with Crippen LogP contribution in [0, 0.1) is 0 Å². The van der Waals surface area contributed by atoms with Gasteiger partial charge in [-0.15, -0.1) is 0 Å². The average molecular weight is 310 g/mol. The van der Waals surface area contributed by atoms with E-state index in [2.05, 4.69) is 10.6 Å². The Hall–Kier alpha value is -2.82. The fraction of sp³-hybridized carbons (Fsp3) is 0.222. The number of hydrogen-bond acceptors (Lipinski definition) is 2. The molecular weight excluding hydrogens is 292 g/mol. The van der Waals surface area contributed by atoms with E-state index in [1.807, 2.05) is 42.5 Å². The van der Waals surface area contributed by atoms with Crippen molar-refractivity contribution in [2.24, 2.45) is 0 Å². The van der Waals surface area contributed by atoms with E-state index in [0.717, 1.165) is 17.5 Å². The number of carbonyl (C=O) groups is 2. The number of amides is 2. The molecule has 3 N–H and O–H groups in total. The molecule has 0 unspecified atom stereocenters. The van der Waals surface area contributed by atoms with Crippen molar-refractivity contribution in [2.45, 2.75) is 24.9 Å². The fourth-order valence-electron chi connectivity index (χ4n) is 2.64. The lowest BCUT2D eigenvalue weighted by Gasteiger charge is -2.06. The lowest BCUT2D eigenvalue weighted by molar-refractivity contribution is 0.0951. The second-order valence-electron chi connectivity index (χ2n) is 5.69. The van der Waals surface area contributed by atoms with Gasteiger partial charge in [-0.3, -0.25) is 4.79 Å². The van der Waals surface area contributed by atoms with Crippen molar-refractivity contribution in [1.29, 1.82) is 0 Å². The van der Waals surface area contributed by atoms with Gasteiger partial charge in [-0.2, -0.15) is 0 Å². The molecule has 5 nitrogen and oxygen atoms in total. The molecule has 2 aromatic rings. The molecule has 2 atom stereocenters. The third-order valence-corrected chi connectivity index (χ3v) is 4.00. The van der Waals surface area contributed by atoms with Gasteiger partial charge < -0.3 is 15.7 Å². The van der Waals surface area contributed by atoms with Crippen molar-refractivity contribution in [3.63, 3.8) is 0 Å². The Morgan fingerprint density at radius 1 is 1.04 bits per heavy atom. The van der Waals surface area contributed by atoms with Crippen LogP contribution >= 0.6 is 0 Å². The molecule has 2 aromatic carbocycles. The Kier molecular flexibility index (Phi) is 4.28. The Bertz CT molecular complexity index is 698. The lowest BCUT2D eigenvalue weighted by atomic mass is 10.1. The van der Waals surface area contributed by atoms with Gasteiger partial charge >= 0.3 is 6.09 Å². The highest BCUT2D eigenvalue weighted by Gasteiger charge is 2.39. The summed E-state index contributed by atoms with van der Waals surface area (Å²) in [5, 5.41) is 14.1. The van der Waals surface area contributed by atoms with Crippen LogP contribution in [0.3, 0.4) is 0 Å². The molecule has 0 saturated heterocycles. The molecule has 0 heterocycles. The molecule has 0 spiro atoms. The smallest absolute Gasteiger partial charge is 0.404 e. The highest BCUT2D eigenvalue weighted by molar-refractivity contribution is 5.94. The molecule has 1 fully saturated rings. The predicted octanol–water partition coefficient (Wildman–Crippen LogP) is 2.74. The van der Waals surface area contributed by atoms with Gasteiger partial charge in [0.2, 0.25) is 0 Å². The summed E-state index contributed by atoms with van der Waals surface area (Å²) in [6.45, 7) is 0.495. The maximum Gasteiger partial charge on any atom is 0.404 e. The number of rotatable bonds is 5. The highest BCUT2D eigenvalue weighted by Crippen LogP contribution is 2.40. The van der Waals surface area contributed by atoms with Crippen molar-refractivity contribution in [1.82, 2.24) is 10.6 Å². The largest absolute Gasteiger partial charge is 0.465 e. The number of carbonyl (C=O) groups excluding carboxylic acids is 1. The summed E-state index contributed by atoms with van der Waals surface area (Å²) in [6, 6.07) is 17.1. The molecule has 1 aliphatic carbocycles. The standard InChI is InChI=1S/C18H18N2O3/c21-17(19-11-12-4-2-1-3-5-12)14-8-6-13(7-9-14)15-10-16(15)20-18(22)23/h1-9,15-16,20H,10-11H2,(H,19,21)(H,22,23)/t15-,16+/m0/s1. The Morgan fingerprint density at radius 2 is 1.74 bits per heavy atom. The summed E-state index contributed by atoms with van der Waals surface area (Å²) in [5.74, 6) is 0.101. The van der Waals surface area contributed by atoms with Gasteiger partial charge in [-0.05, 0) is 29.7 Å². The van der Waals surface area contributed by atoms with Crippen LogP contribution in [0.2, 0.25) is 0 Å². The van der Waals surface area contributed by atoms with Gasteiger partial charge in [-0.25, -0.2) is 4.79 Å². The van der Waals surface area contributed by atoms with Gasteiger partial charge in [0.1, 0.15) is 0 Å². The number of carboxylic acid groups (broad SMARTS) is 1. The minimum Gasteiger partial charge on any atom is -0.465 e. The SMILES string of the molecule is O=C(O)N[C@@H]1C[C@H]1c1ccc(C(=O)NCc2ccccc2)cc1. The second kappa shape index (κ2) is 6.52. The zero-order chi connectivity index (χ0) is 16.2. The van der Waals surface area contributed by atoms with Crippen molar-refractivity contribution >= 4 is 12.0 Å². The van der Waals surface area contributed by atoms with Crippen LogP contribution in [0.25, 0.3) is 0 Å². The van der Waals surface area contributed by atoms with Crippen molar-refractivity contribution < 1.29 is 14.7 Å². The van der Waals surface area contributed by atoms with E-state index in [0.29, 0.717) is 12.1 Å². The Labute approximate surface area is 134 Å². The topological polar surface area (TPSA) is 78.4 Å². The third kappa shape index (κ3) is 3.88. The van der Waals surface area contributed by atoms with Crippen LogP contribution < -0.4 is 10.6 Å². The van der Waals surface area contributed by atoms with E-state index in [-0.39, 0.29) is 17.9 Å². The van der Waals surface area contributed by atoms with Gasteiger partial charge in [0.25, 0.3) is 5.91 Å². The quantitative estimate of drug-likeness (QED) is 0.794. The molecule has 0 bridgehead atoms. The summed E-state index contributed by atoms with van der Waals surface area (Å²) in [4.78, 5) is 22.7. The number of hydrogen-bond donors (Lipinski definition) is 3. The normalized spacial score (nSPS) is 19.0. The maximum absolute atomic E-state index is 12.1. The van der Waals surface area contributed by atoms with E-state index in [9.17, 15) is 9.59 Å². The molecule has 1 aliphatic rings. The van der Waals surface area contributed by atoms with Crippen LogP contribution in [0.1, 0.15) is 33.8 Å². The van der Waals surface area contributed by atoms with Crippen molar-refractivity contribution in [3.8, 4) is 0 Å². The molecule has 0 aromatic heterocycles. The monoisotopic (exact) mass is 310 g/mol. The molecule has 23 heavy (non-hydrogen) atoms. The molecule has 3 rings (SSSR count). The van der Waals surface area contributed by atoms with E-state index < -0.39 is 6.09 Å². The van der Waals surface area contributed by atoms with Crippen LogP contribution in [0.5, 0.6) is 0 Å². The fourth-order valence-corrected chi connectivity index (χ4v) is 2.64. The van der Waals surface area contributed by atoms with Gasteiger partial charge in [0.05, 0.1) is 0 Å². The predicted molar refractivity (Wildman–Crippen MR) is 86.4 cm³/mol. The first-order valence-corrected chi connectivity index (χ1v) is 7.55. The third-order valence-electron chi connectivity index (χ3n) is 4.00. The first-order valence-electron chi connectivity index (χ1n) is 7.55. The van der Waals surface area contributed by atoms with E-state index in [1.54, 1.807) is 12.1 Å². The van der Waals surface area contributed by atoms with Crippen LogP contribution in [-0.2, 0) is 6.54 Å². The Balaban J connectivity index is 1.55.